The molecule has 2 rings (SSSR count). The van der Waals surface area contributed by atoms with Crippen LogP contribution in [-0.4, -0.2) is 34.6 Å². The van der Waals surface area contributed by atoms with E-state index in [0.717, 1.165) is 31.6 Å². The van der Waals surface area contributed by atoms with E-state index < -0.39 is 0 Å². The summed E-state index contributed by atoms with van der Waals surface area (Å²) in [5.41, 5.74) is 1.01. The van der Waals surface area contributed by atoms with Gasteiger partial charge in [-0.05, 0) is 32.1 Å². The van der Waals surface area contributed by atoms with Gasteiger partial charge < -0.3 is 9.47 Å². The van der Waals surface area contributed by atoms with Crippen LogP contribution in [0.5, 0.6) is 5.88 Å². The van der Waals surface area contributed by atoms with Crippen LogP contribution in [0.1, 0.15) is 37.8 Å². The molecular weight excluding hydrogens is 308 g/mol. The number of hydrogen-bond acceptors (Lipinski definition) is 4. The monoisotopic (exact) mass is 328 g/mol. The molecule has 106 valence electrons. The van der Waals surface area contributed by atoms with E-state index in [1.807, 2.05) is 6.07 Å². The van der Waals surface area contributed by atoms with E-state index in [-0.39, 0.29) is 0 Å². The Hall–Kier alpha value is -0.680. The summed E-state index contributed by atoms with van der Waals surface area (Å²) in [6.07, 6.45) is 8.86. The van der Waals surface area contributed by atoms with Crippen molar-refractivity contribution < 1.29 is 9.47 Å². The highest BCUT2D eigenvalue weighted by Crippen LogP contribution is 2.22. The average molecular weight is 329 g/mol. The fourth-order valence-corrected chi connectivity index (χ4v) is 2.93. The van der Waals surface area contributed by atoms with Crippen LogP contribution in [0.25, 0.3) is 0 Å². The molecule has 0 spiro atoms. The number of halogens is 1. The summed E-state index contributed by atoms with van der Waals surface area (Å²) in [6.45, 7) is 0.931. The second kappa shape index (κ2) is 7.80. The SMILES string of the molecule is COc1cc(CC(Br)CCC2CCCCO2)ncn1. The molecule has 1 fully saturated rings. The molecular formula is C14H21BrN2O2. The zero-order valence-electron chi connectivity index (χ0n) is 11.3. The smallest absolute Gasteiger partial charge is 0.216 e. The number of ether oxygens (including phenoxy) is 2. The maximum Gasteiger partial charge on any atom is 0.216 e. The summed E-state index contributed by atoms with van der Waals surface area (Å²) in [4.78, 5) is 8.71. The summed E-state index contributed by atoms with van der Waals surface area (Å²) >= 11 is 3.73. The molecule has 2 atom stereocenters. The standard InChI is InChI=1S/C14H21BrN2O2/c1-18-14-9-12(16-10-17-14)8-11(15)5-6-13-4-2-3-7-19-13/h9-11,13H,2-8H2,1H3. The molecule has 0 aromatic carbocycles. The van der Waals surface area contributed by atoms with Crippen molar-refractivity contribution in [1.29, 1.82) is 0 Å². The summed E-state index contributed by atoms with van der Waals surface area (Å²) in [7, 11) is 1.62. The maximum absolute atomic E-state index is 5.75. The predicted molar refractivity (Wildman–Crippen MR) is 77.8 cm³/mol. The van der Waals surface area contributed by atoms with Gasteiger partial charge in [-0.1, -0.05) is 15.9 Å². The first-order valence-corrected chi connectivity index (χ1v) is 7.80. The minimum absolute atomic E-state index is 0.428. The van der Waals surface area contributed by atoms with Gasteiger partial charge in [-0.2, -0.15) is 0 Å². The lowest BCUT2D eigenvalue weighted by atomic mass is 10.0. The molecule has 5 heteroatoms. The number of hydrogen-bond donors (Lipinski definition) is 0. The summed E-state index contributed by atoms with van der Waals surface area (Å²) in [6, 6.07) is 1.89. The quantitative estimate of drug-likeness (QED) is 0.752. The van der Waals surface area contributed by atoms with Gasteiger partial charge in [0.15, 0.2) is 0 Å². The van der Waals surface area contributed by atoms with Crippen molar-refractivity contribution in [1.82, 2.24) is 9.97 Å². The van der Waals surface area contributed by atoms with Crippen molar-refractivity contribution in [3.63, 3.8) is 0 Å². The van der Waals surface area contributed by atoms with Gasteiger partial charge >= 0.3 is 0 Å². The fraction of sp³-hybridized carbons (Fsp3) is 0.714. The topological polar surface area (TPSA) is 44.2 Å². The van der Waals surface area contributed by atoms with Crippen LogP contribution in [0.2, 0.25) is 0 Å². The van der Waals surface area contributed by atoms with Gasteiger partial charge in [-0.3, -0.25) is 0 Å². The highest BCUT2D eigenvalue weighted by Gasteiger charge is 2.16. The van der Waals surface area contributed by atoms with Gasteiger partial charge in [-0.25, -0.2) is 9.97 Å². The van der Waals surface area contributed by atoms with Crippen molar-refractivity contribution in [3.05, 3.63) is 18.1 Å². The van der Waals surface area contributed by atoms with Gasteiger partial charge in [-0.15, -0.1) is 0 Å². The molecule has 2 heterocycles. The Morgan fingerprint density at radius 2 is 2.37 bits per heavy atom. The van der Waals surface area contributed by atoms with Gasteiger partial charge in [0.25, 0.3) is 0 Å². The third-order valence-corrected chi connectivity index (χ3v) is 4.20. The first-order valence-electron chi connectivity index (χ1n) is 6.88. The van der Waals surface area contributed by atoms with Crippen molar-refractivity contribution in [2.45, 2.75) is 49.5 Å². The van der Waals surface area contributed by atoms with Crippen LogP contribution < -0.4 is 4.74 Å². The third-order valence-electron chi connectivity index (χ3n) is 3.41. The first-order chi connectivity index (χ1) is 9.28. The van der Waals surface area contributed by atoms with Gasteiger partial charge in [0.05, 0.1) is 13.2 Å². The van der Waals surface area contributed by atoms with E-state index in [1.165, 1.54) is 19.3 Å². The minimum atomic E-state index is 0.428. The zero-order valence-corrected chi connectivity index (χ0v) is 12.9. The van der Waals surface area contributed by atoms with Gasteiger partial charge in [0.2, 0.25) is 5.88 Å². The predicted octanol–water partition coefficient (Wildman–Crippen LogP) is 3.14. The zero-order chi connectivity index (χ0) is 13.5. The number of rotatable bonds is 6. The lowest BCUT2D eigenvalue weighted by Gasteiger charge is -2.23. The van der Waals surface area contributed by atoms with E-state index >= 15 is 0 Å². The molecule has 1 aliphatic heterocycles. The Bertz CT molecular complexity index is 383. The molecule has 4 nitrogen and oxygen atoms in total. The second-order valence-electron chi connectivity index (χ2n) is 4.92. The van der Waals surface area contributed by atoms with E-state index in [9.17, 15) is 0 Å². The molecule has 1 aliphatic rings. The van der Waals surface area contributed by atoms with Crippen LogP contribution in [0.15, 0.2) is 12.4 Å². The maximum atomic E-state index is 5.75. The summed E-state index contributed by atoms with van der Waals surface area (Å²) in [5, 5.41) is 0. The lowest BCUT2D eigenvalue weighted by Crippen LogP contribution is -2.20. The minimum Gasteiger partial charge on any atom is -0.481 e. The number of nitrogens with zero attached hydrogens (tertiary/aromatic N) is 2. The molecule has 1 aromatic rings. The molecule has 0 N–H and O–H groups in total. The Morgan fingerprint density at radius 3 is 3.11 bits per heavy atom. The van der Waals surface area contributed by atoms with Crippen LogP contribution in [-0.2, 0) is 11.2 Å². The van der Waals surface area contributed by atoms with Crippen molar-refractivity contribution in [3.8, 4) is 5.88 Å². The highest BCUT2D eigenvalue weighted by atomic mass is 79.9. The number of aromatic nitrogens is 2. The molecule has 0 bridgehead atoms. The van der Waals surface area contributed by atoms with E-state index in [2.05, 4.69) is 25.9 Å². The molecule has 19 heavy (non-hydrogen) atoms. The number of methoxy groups -OCH3 is 1. The van der Waals surface area contributed by atoms with Gasteiger partial charge in [0.1, 0.15) is 6.33 Å². The van der Waals surface area contributed by atoms with Crippen LogP contribution in [0.3, 0.4) is 0 Å². The third kappa shape index (κ3) is 5.07. The van der Waals surface area contributed by atoms with E-state index in [4.69, 9.17) is 9.47 Å². The summed E-state index contributed by atoms with van der Waals surface area (Å²) in [5.74, 6) is 0.625. The Labute approximate surface area is 123 Å². The average Bonchev–Trinajstić information content (AvgIpc) is 2.46. The second-order valence-corrected chi connectivity index (χ2v) is 6.21. The number of alkyl halides is 1. The largest absolute Gasteiger partial charge is 0.481 e. The van der Waals surface area contributed by atoms with Crippen LogP contribution >= 0.6 is 15.9 Å². The molecule has 1 saturated heterocycles. The molecule has 0 saturated carbocycles. The Morgan fingerprint density at radius 1 is 1.47 bits per heavy atom. The summed E-state index contributed by atoms with van der Waals surface area (Å²) < 4.78 is 10.9. The lowest BCUT2D eigenvalue weighted by molar-refractivity contribution is 0.0102. The van der Waals surface area contributed by atoms with Crippen molar-refractivity contribution in [2.24, 2.45) is 0 Å². The molecule has 0 aliphatic carbocycles. The normalized spacial score (nSPS) is 21.1. The first kappa shape index (κ1) is 14.7. The molecule has 0 amide bonds. The molecule has 2 unspecified atom stereocenters. The molecule has 0 radical (unpaired) electrons. The van der Waals surface area contributed by atoms with Crippen molar-refractivity contribution in [2.75, 3.05) is 13.7 Å². The Balaban J connectivity index is 1.75. The molecule has 1 aromatic heterocycles. The van der Waals surface area contributed by atoms with E-state index in [1.54, 1.807) is 13.4 Å². The van der Waals surface area contributed by atoms with Gasteiger partial charge in [0, 0.05) is 29.6 Å². The fourth-order valence-electron chi connectivity index (χ4n) is 2.33. The van der Waals surface area contributed by atoms with Crippen molar-refractivity contribution >= 4 is 15.9 Å². The highest BCUT2D eigenvalue weighted by molar-refractivity contribution is 9.09. The Kier molecular flexibility index (Phi) is 6.04. The van der Waals surface area contributed by atoms with Crippen LogP contribution in [0.4, 0.5) is 0 Å². The van der Waals surface area contributed by atoms with E-state index in [0.29, 0.717) is 16.8 Å². The van der Waals surface area contributed by atoms with Crippen LogP contribution in [0, 0.1) is 0 Å².